The van der Waals surface area contributed by atoms with Gasteiger partial charge in [-0.05, 0) is 30.7 Å². The minimum Gasteiger partial charge on any atom is -0.490 e. The lowest BCUT2D eigenvalue weighted by Gasteiger charge is -2.07. The Morgan fingerprint density at radius 1 is 0.852 bits per heavy atom. The van der Waals surface area contributed by atoms with E-state index >= 15 is 0 Å². The van der Waals surface area contributed by atoms with E-state index in [1.807, 2.05) is 6.92 Å². The zero-order chi connectivity index (χ0) is 19.8. The minimum atomic E-state index is -1.23. The highest BCUT2D eigenvalue weighted by molar-refractivity contribution is 5.47. The van der Waals surface area contributed by atoms with Crippen LogP contribution in [0, 0.1) is 35.1 Å². The largest absolute Gasteiger partial charge is 0.490 e. The summed E-state index contributed by atoms with van der Waals surface area (Å²) in [6.07, 6.45) is 2.95. The number of benzene rings is 2. The van der Waals surface area contributed by atoms with Gasteiger partial charge >= 0.3 is 0 Å². The van der Waals surface area contributed by atoms with Crippen molar-refractivity contribution < 1.29 is 27.0 Å². The lowest BCUT2D eigenvalue weighted by atomic mass is 10.1. The third kappa shape index (κ3) is 5.04. The molecule has 0 radical (unpaired) electrons. The van der Waals surface area contributed by atoms with Gasteiger partial charge in [0.2, 0.25) is 11.6 Å². The van der Waals surface area contributed by atoms with E-state index in [0.29, 0.717) is 6.42 Å². The van der Waals surface area contributed by atoms with Gasteiger partial charge in [0.15, 0.2) is 23.1 Å². The summed E-state index contributed by atoms with van der Waals surface area (Å²) in [7, 11) is 0. The molecule has 0 fully saturated rings. The van der Waals surface area contributed by atoms with Gasteiger partial charge in [-0.15, -0.1) is 0 Å². The maximum atomic E-state index is 14.1. The van der Waals surface area contributed by atoms with Gasteiger partial charge in [0, 0.05) is 0 Å². The van der Waals surface area contributed by atoms with Crippen molar-refractivity contribution in [2.45, 2.75) is 19.8 Å². The van der Waals surface area contributed by atoms with Crippen molar-refractivity contribution >= 4 is 0 Å². The second kappa shape index (κ2) is 9.67. The summed E-state index contributed by atoms with van der Waals surface area (Å²) in [6, 6.07) is 4.87. The molecule has 0 aliphatic carbocycles. The number of halogens is 4. The van der Waals surface area contributed by atoms with Crippen LogP contribution in [-0.4, -0.2) is 13.2 Å². The molecule has 0 aliphatic rings. The molecule has 6 heteroatoms. The highest BCUT2D eigenvalue weighted by atomic mass is 19.2. The summed E-state index contributed by atoms with van der Waals surface area (Å²) < 4.78 is 66.2. The molecular weight excluding hydrogens is 360 g/mol. The van der Waals surface area contributed by atoms with E-state index in [9.17, 15) is 17.6 Å². The third-order valence-corrected chi connectivity index (χ3v) is 3.54. The second-order valence-electron chi connectivity index (χ2n) is 5.53. The number of rotatable bonds is 7. The van der Waals surface area contributed by atoms with Gasteiger partial charge in [-0.25, -0.2) is 8.78 Å². The molecule has 0 saturated heterocycles. The SMILES string of the molecule is C=CCOc1ccc(C#Cc2ccc(OCCCC)c(F)c2F)c(F)c1F. The summed E-state index contributed by atoms with van der Waals surface area (Å²) in [6.45, 7) is 5.63. The van der Waals surface area contributed by atoms with Crippen LogP contribution in [0.25, 0.3) is 0 Å². The van der Waals surface area contributed by atoms with Crippen molar-refractivity contribution in [3.05, 3.63) is 71.3 Å². The van der Waals surface area contributed by atoms with Crippen LogP contribution in [-0.2, 0) is 0 Å². The molecule has 0 bridgehead atoms. The standard InChI is InChI=1S/C21H18F4O2/c1-3-5-13-27-17-11-9-15(19(23)21(17)25)7-6-14-8-10-16(26-12-4-2)20(24)18(14)22/h4,8-11H,2-3,5,12-13H2,1H3. The van der Waals surface area contributed by atoms with Crippen LogP contribution >= 0.6 is 0 Å². The molecule has 142 valence electrons. The molecular formula is C21H18F4O2. The van der Waals surface area contributed by atoms with Gasteiger partial charge in [0.05, 0.1) is 17.7 Å². The van der Waals surface area contributed by atoms with Crippen molar-refractivity contribution in [1.29, 1.82) is 0 Å². The van der Waals surface area contributed by atoms with E-state index in [2.05, 4.69) is 18.4 Å². The molecule has 0 amide bonds. The van der Waals surface area contributed by atoms with Gasteiger partial charge in [-0.2, -0.15) is 8.78 Å². The maximum absolute atomic E-state index is 14.1. The molecule has 0 aliphatic heterocycles. The number of ether oxygens (including phenoxy) is 2. The lowest BCUT2D eigenvalue weighted by Crippen LogP contribution is -2.01. The van der Waals surface area contributed by atoms with Crippen molar-refractivity contribution in [1.82, 2.24) is 0 Å². The first-order valence-corrected chi connectivity index (χ1v) is 8.34. The zero-order valence-electron chi connectivity index (χ0n) is 14.8. The van der Waals surface area contributed by atoms with E-state index in [4.69, 9.17) is 9.47 Å². The number of hydrogen-bond donors (Lipinski definition) is 0. The molecule has 2 aromatic rings. The number of unbranched alkanes of at least 4 members (excludes halogenated alkanes) is 1. The summed E-state index contributed by atoms with van der Waals surface area (Å²) in [5, 5.41) is 0. The van der Waals surface area contributed by atoms with E-state index < -0.39 is 23.3 Å². The molecule has 0 heterocycles. The van der Waals surface area contributed by atoms with E-state index in [1.165, 1.54) is 30.3 Å². The molecule has 0 aromatic heterocycles. The van der Waals surface area contributed by atoms with Crippen LogP contribution < -0.4 is 9.47 Å². The monoisotopic (exact) mass is 378 g/mol. The van der Waals surface area contributed by atoms with Crippen molar-refractivity contribution in [3.8, 4) is 23.3 Å². The molecule has 0 N–H and O–H groups in total. The molecule has 0 saturated carbocycles. The normalized spacial score (nSPS) is 10.1. The Morgan fingerprint density at radius 2 is 1.37 bits per heavy atom. The Labute approximate surface area is 155 Å². The maximum Gasteiger partial charge on any atom is 0.201 e. The van der Waals surface area contributed by atoms with Crippen LogP contribution in [0.5, 0.6) is 11.5 Å². The highest BCUT2D eigenvalue weighted by Crippen LogP contribution is 2.24. The van der Waals surface area contributed by atoms with Crippen LogP contribution in [0.1, 0.15) is 30.9 Å². The predicted molar refractivity (Wildman–Crippen MR) is 94.8 cm³/mol. The van der Waals surface area contributed by atoms with Gasteiger partial charge in [0.25, 0.3) is 0 Å². The quantitative estimate of drug-likeness (QED) is 0.278. The predicted octanol–water partition coefficient (Wildman–Crippen LogP) is 5.39. The zero-order valence-corrected chi connectivity index (χ0v) is 14.8. The van der Waals surface area contributed by atoms with Gasteiger partial charge in [-0.1, -0.05) is 37.8 Å². The molecule has 27 heavy (non-hydrogen) atoms. The average Bonchev–Trinajstić information content (AvgIpc) is 2.67. The van der Waals surface area contributed by atoms with E-state index in [0.717, 1.165) is 6.42 Å². The fraction of sp³-hybridized carbons (Fsp3) is 0.238. The minimum absolute atomic E-state index is 0.0124. The third-order valence-electron chi connectivity index (χ3n) is 3.54. The lowest BCUT2D eigenvalue weighted by molar-refractivity contribution is 0.288. The number of hydrogen-bond acceptors (Lipinski definition) is 2. The van der Waals surface area contributed by atoms with Crippen molar-refractivity contribution in [3.63, 3.8) is 0 Å². The Morgan fingerprint density at radius 3 is 1.85 bits per heavy atom. The first-order valence-electron chi connectivity index (χ1n) is 8.34. The first-order chi connectivity index (χ1) is 13.0. The molecule has 2 aromatic carbocycles. The first kappa shape index (κ1) is 20.4. The summed E-state index contributed by atoms with van der Waals surface area (Å²) in [5.74, 6) is -0.707. The summed E-state index contributed by atoms with van der Waals surface area (Å²) >= 11 is 0. The second-order valence-corrected chi connectivity index (χ2v) is 5.53. The van der Waals surface area contributed by atoms with Gasteiger partial charge in [0.1, 0.15) is 6.61 Å². The van der Waals surface area contributed by atoms with Gasteiger partial charge in [-0.3, -0.25) is 0 Å². The van der Waals surface area contributed by atoms with Crippen LogP contribution in [0.2, 0.25) is 0 Å². The topological polar surface area (TPSA) is 18.5 Å². The fourth-order valence-corrected chi connectivity index (χ4v) is 2.09. The Bertz CT molecular complexity index is 882. The molecule has 0 spiro atoms. The molecule has 2 rings (SSSR count). The van der Waals surface area contributed by atoms with Crippen LogP contribution in [0.4, 0.5) is 17.6 Å². The Balaban J connectivity index is 2.26. The molecule has 2 nitrogen and oxygen atoms in total. The van der Waals surface area contributed by atoms with Gasteiger partial charge < -0.3 is 9.47 Å². The Kier molecular flexibility index (Phi) is 7.30. The fourth-order valence-electron chi connectivity index (χ4n) is 2.09. The van der Waals surface area contributed by atoms with Crippen LogP contribution in [0.15, 0.2) is 36.9 Å². The highest BCUT2D eigenvalue weighted by Gasteiger charge is 2.15. The van der Waals surface area contributed by atoms with Crippen molar-refractivity contribution in [2.24, 2.45) is 0 Å². The molecule has 0 atom stereocenters. The van der Waals surface area contributed by atoms with E-state index in [-0.39, 0.29) is 35.8 Å². The summed E-state index contributed by atoms with van der Waals surface area (Å²) in [5.41, 5.74) is -0.594. The summed E-state index contributed by atoms with van der Waals surface area (Å²) in [4.78, 5) is 0. The smallest absolute Gasteiger partial charge is 0.201 e. The van der Waals surface area contributed by atoms with Crippen LogP contribution in [0.3, 0.4) is 0 Å². The van der Waals surface area contributed by atoms with E-state index in [1.54, 1.807) is 0 Å². The average molecular weight is 378 g/mol. The van der Waals surface area contributed by atoms with Crippen molar-refractivity contribution in [2.75, 3.05) is 13.2 Å². The molecule has 0 unspecified atom stereocenters. The Hall–Kier alpha value is -2.94.